The van der Waals surface area contributed by atoms with E-state index in [1.54, 1.807) is 4.68 Å². The molecule has 0 unspecified atom stereocenters. The van der Waals surface area contributed by atoms with E-state index >= 15 is 0 Å². The Morgan fingerprint density at radius 2 is 2.50 bits per heavy atom. The van der Waals surface area contributed by atoms with E-state index < -0.39 is 0 Å². The van der Waals surface area contributed by atoms with E-state index in [2.05, 4.69) is 10.1 Å². The van der Waals surface area contributed by atoms with E-state index in [9.17, 15) is 0 Å². The third kappa shape index (κ3) is 0.853. The van der Waals surface area contributed by atoms with Gasteiger partial charge in [-0.3, -0.25) is 0 Å². The Labute approximate surface area is 58.8 Å². The van der Waals surface area contributed by atoms with Gasteiger partial charge in [-0.1, -0.05) is 0 Å². The summed E-state index contributed by atoms with van der Waals surface area (Å²) in [5.41, 5.74) is 0. The molecule has 2 rings (SSSR count). The number of ether oxygens (including phenoxy) is 1. The molecular formula is C6H9N3O. The van der Waals surface area contributed by atoms with Crippen LogP contribution in [0, 0.1) is 0 Å². The van der Waals surface area contributed by atoms with E-state index in [1.807, 2.05) is 0 Å². The maximum absolute atomic E-state index is 5.28. The van der Waals surface area contributed by atoms with Crippen LogP contribution in [0.15, 0.2) is 6.33 Å². The second-order valence-electron chi connectivity index (χ2n) is 2.32. The highest BCUT2D eigenvalue weighted by atomic mass is 16.5. The average Bonchev–Trinajstić information content (AvgIpc) is 2.28. The highest BCUT2D eigenvalue weighted by Crippen LogP contribution is 2.10. The molecule has 4 heteroatoms. The quantitative estimate of drug-likeness (QED) is 0.524. The zero-order chi connectivity index (χ0) is 6.81. The van der Waals surface area contributed by atoms with Crippen LogP contribution in [0.1, 0.15) is 12.8 Å². The zero-order valence-corrected chi connectivity index (χ0v) is 5.66. The normalized spacial score (nSPS) is 17.2. The van der Waals surface area contributed by atoms with Gasteiger partial charge >= 0.3 is 6.01 Å². The molecule has 54 valence electrons. The SMILES string of the molecule is c1nc2n(n1)CCCCO2. The molecular weight excluding hydrogens is 130 g/mol. The first-order valence-electron chi connectivity index (χ1n) is 3.47. The smallest absolute Gasteiger partial charge is 0.314 e. The molecule has 0 amide bonds. The van der Waals surface area contributed by atoms with Gasteiger partial charge < -0.3 is 4.74 Å². The van der Waals surface area contributed by atoms with Gasteiger partial charge in [0.05, 0.1) is 6.61 Å². The Bertz CT molecular complexity index is 200. The zero-order valence-electron chi connectivity index (χ0n) is 5.66. The van der Waals surface area contributed by atoms with Crippen LogP contribution in [-0.2, 0) is 6.54 Å². The van der Waals surface area contributed by atoms with Crippen molar-refractivity contribution >= 4 is 0 Å². The lowest BCUT2D eigenvalue weighted by Gasteiger charge is -1.97. The van der Waals surface area contributed by atoms with Crippen molar-refractivity contribution in [1.82, 2.24) is 14.8 Å². The topological polar surface area (TPSA) is 39.9 Å². The van der Waals surface area contributed by atoms with Crippen LogP contribution < -0.4 is 4.74 Å². The average molecular weight is 139 g/mol. The summed E-state index contributed by atoms with van der Waals surface area (Å²) in [4.78, 5) is 3.95. The van der Waals surface area contributed by atoms with Crippen LogP contribution >= 0.6 is 0 Å². The van der Waals surface area contributed by atoms with Crippen LogP contribution in [0.25, 0.3) is 0 Å². The van der Waals surface area contributed by atoms with E-state index in [0.29, 0.717) is 6.01 Å². The van der Waals surface area contributed by atoms with Crippen molar-refractivity contribution in [3.8, 4) is 6.01 Å². The molecule has 0 fully saturated rings. The van der Waals surface area contributed by atoms with Crippen molar-refractivity contribution in [3.63, 3.8) is 0 Å². The first kappa shape index (κ1) is 5.70. The maximum Gasteiger partial charge on any atom is 0.314 e. The molecule has 0 spiro atoms. The summed E-state index contributed by atoms with van der Waals surface area (Å²) >= 11 is 0. The van der Waals surface area contributed by atoms with Crippen molar-refractivity contribution in [3.05, 3.63) is 6.33 Å². The summed E-state index contributed by atoms with van der Waals surface area (Å²) in [6.07, 6.45) is 3.77. The van der Waals surface area contributed by atoms with E-state index in [0.717, 1.165) is 26.0 Å². The molecule has 0 aromatic carbocycles. The molecule has 4 nitrogen and oxygen atoms in total. The van der Waals surface area contributed by atoms with Gasteiger partial charge in [-0.05, 0) is 12.8 Å². The second kappa shape index (κ2) is 2.28. The minimum Gasteiger partial charge on any atom is -0.464 e. The van der Waals surface area contributed by atoms with E-state index in [4.69, 9.17) is 4.74 Å². The predicted molar refractivity (Wildman–Crippen MR) is 34.8 cm³/mol. The van der Waals surface area contributed by atoms with Crippen molar-refractivity contribution in [1.29, 1.82) is 0 Å². The Kier molecular flexibility index (Phi) is 1.30. The van der Waals surface area contributed by atoms with Crippen molar-refractivity contribution in [2.75, 3.05) is 6.61 Å². The molecule has 1 aliphatic heterocycles. The monoisotopic (exact) mass is 139 g/mol. The fraction of sp³-hybridized carbons (Fsp3) is 0.667. The van der Waals surface area contributed by atoms with Gasteiger partial charge in [0.25, 0.3) is 0 Å². The fourth-order valence-electron chi connectivity index (χ4n) is 1.05. The lowest BCUT2D eigenvalue weighted by atomic mass is 10.3. The molecule has 2 heterocycles. The van der Waals surface area contributed by atoms with Crippen LogP contribution in [0.2, 0.25) is 0 Å². The van der Waals surface area contributed by atoms with Gasteiger partial charge in [0.15, 0.2) is 0 Å². The predicted octanol–water partition coefficient (Wildman–Crippen LogP) is 0.451. The molecule has 1 aromatic heterocycles. The summed E-state index contributed by atoms with van der Waals surface area (Å²) in [5, 5.41) is 4.00. The summed E-state index contributed by atoms with van der Waals surface area (Å²) in [6.45, 7) is 1.72. The lowest BCUT2D eigenvalue weighted by Crippen LogP contribution is -1.99. The van der Waals surface area contributed by atoms with Crippen LogP contribution in [-0.4, -0.2) is 21.4 Å². The highest BCUT2D eigenvalue weighted by Gasteiger charge is 2.07. The third-order valence-corrected chi connectivity index (χ3v) is 1.58. The molecule has 0 radical (unpaired) electrons. The minimum atomic E-state index is 0.664. The minimum absolute atomic E-state index is 0.664. The number of hydrogen-bond donors (Lipinski definition) is 0. The van der Waals surface area contributed by atoms with Gasteiger partial charge in [-0.2, -0.15) is 10.1 Å². The van der Waals surface area contributed by atoms with Gasteiger partial charge in [0.2, 0.25) is 0 Å². The van der Waals surface area contributed by atoms with Gasteiger partial charge in [-0.25, -0.2) is 4.68 Å². The summed E-state index contributed by atoms with van der Waals surface area (Å²) in [5.74, 6) is 0. The van der Waals surface area contributed by atoms with Crippen LogP contribution in [0.4, 0.5) is 0 Å². The van der Waals surface area contributed by atoms with Crippen molar-refractivity contribution < 1.29 is 4.74 Å². The van der Waals surface area contributed by atoms with Crippen LogP contribution in [0.5, 0.6) is 6.01 Å². The number of fused-ring (bicyclic) bond motifs is 1. The molecule has 0 bridgehead atoms. The third-order valence-electron chi connectivity index (χ3n) is 1.58. The number of aromatic nitrogens is 3. The Morgan fingerprint density at radius 1 is 1.50 bits per heavy atom. The molecule has 0 saturated carbocycles. The first-order chi connectivity index (χ1) is 4.97. The summed E-state index contributed by atoms with van der Waals surface area (Å²) in [7, 11) is 0. The summed E-state index contributed by atoms with van der Waals surface area (Å²) < 4.78 is 7.08. The molecule has 1 aliphatic rings. The maximum atomic E-state index is 5.28. The Morgan fingerprint density at radius 3 is 3.50 bits per heavy atom. The molecule has 0 atom stereocenters. The van der Waals surface area contributed by atoms with Gasteiger partial charge in [-0.15, -0.1) is 0 Å². The molecule has 0 N–H and O–H groups in total. The lowest BCUT2D eigenvalue weighted by molar-refractivity contribution is 0.292. The Hall–Kier alpha value is -1.06. The van der Waals surface area contributed by atoms with Gasteiger partial charge in [0.1, 0.15) is 6.33 Å². The Balaban J connectivity index is 2.28. The number of hydrogen-bond acceptors (Lipinski definition) is 3. The first-order valence-corrected chi connectivity index (χ1v) is 3.47. The largest absolute Gasteiger partial charge is 0.464 e. The van der Waals surface area contributed by atoms with Crippen molar-refractivity contribution in [2.24, 2.45) is 0 Å². The summed E-state index contributed by atoms with van der Waals surface area (Å²) in [6, 6.07) is 0.664. The molecule has 10 heavy (non-hydrogen) atoms. The van der Waals surface area contributed by atoms with Gasteiger partial charge in [0, 0.05) is 6.54 Å². The molecule has 0 saturated heterocycles. The number of nitrogens with zero attached hydrogens (tertiary/aromatic N) is 3. The molecule has 1 aromatic rings. The fourth-order valence-corrected chi connectivity index (χ4v) is 1.05. The van der Waals surface area contributed by atoms with E-state index in [-0.39, 0.29) is 0 Å². The second-order valence-corrected chi connectivity index (χ2v) is 2.32. The highest BCUT2D eigenvalue weighted by molar-refractivity contribution is 4.91. The standard InChI is InChI=1S/C6H9N3O/c1-2-4-10-6-7-5-8-9(6)3-1/h5H,1-4H2. The molecule has 0 aliphatic carbocycles. The van der Waals surface area contributed by atoms with E-state index in [1.165, 1.54) is 6.33 Å². The number of aryl methyl sites for hydroxylation is 1. The van der Waals surface area contributed by atoms with Crippen LogP contribution in [0.3, 0.4) is 0 Å². The number of rotatable bonds is 0. The van der Waals surface area contributed by atoms with Crippen molar-refractivity contribution in [2.45, 2.75) is 19.4 Å².